The minimum absolute atomic E-state index is 0.0470. The van der Waals surface area contributed by atoms with Gasteiger partial charge in [-0.15, -0.1) is 11.3 Å². The lowest BCUT2D eigenvalue weighted by molar-refractivity contribution is 0.0606. The molecule has 8 nitrogen and oxygen atoms in total. The third-order valence-electron chi connectivity index (χ3n) is 6.79. The molecule has 2 fully saturated rings. The van der Waals surface area contributed by atoms with Gasteiger partial charge in [0.25, 0.3) is 5.91 Å². The monoisotopic (exact) mass is 507 g/mol. The molecule has 0 bridgehead atoms. The standard InChI is InChI=1S/C27H33N5O3S/c1-4-32-22(15-18(3)30-32)35-27(34)28-16-21-10-5-6-13-31(21)26(33)23-24(20-9-7-8-17(2)14-20)36-25(29-23)19-11-12-19/h7-9,14-15,19,21H,4-6,10-13,16H2,1-3H3,(H,28,34)/t21-/m0/s1. The molecule has 2 aromatic heterocycles. The maximum atomic E-state index is 13.9. The van der Waals surface area contributed by atoms with Crippen LogP contribution < -0.4 is 10.1 Å². The number of nitrogens with zero attached hydrogens (tertiary/aromatic N) is 4. The number of nitrogens with one attached hydrogen (secondary N) is 1. The number of benzene rings is 1. The number of ether oxygens (including phenoxy) is 1. The first-order valence-corrected chi connectivity index (χ1v) is 13.6. The molecule has 1 aromatic carbocycles. The van der Waals surface area contributed by atoms with E-state index < -0.39 is 6.09 Å². The van der Waals surface area contributed by atoms with Crippen molar-refractivity contribution >= 4 is 23.3 Å². The van der Waals surface area contributed by atoms with Gasteiger partial charge < -0.3 is 15.0 Å². The summed E-state index contributed by atoms with van der Waals surface area (Å²) in [6.45, 7) is 7.48. The number of thiazole rings is 1. The molecule has 1 saturated heterocycles. The summed E-state index contributed by atoms with van der Waals surface area (Å²) in [5.74, 6) is 0.852. The van der Waals surface area contributed by atoms with Gasteiger partial charge in [-0.3, -0.25) is 4.79 Å². The van der Waals surface area contributed by atoms with Gasteiger partial charge in [0.2, 0.25) is 5.88 Å². The maximum absolute atomic E-state index is 13.9. The zero-order valence-electron chi connectivity index (χ0n) is 21.1. The highest BCUT2D eigenvalue weighted by atomic mass is 32.1. The molecule has 9 heteroatoms. The Kier molecular flexibility index (Phi) is 7.09. The second-order valence-electron chi connectivity index (χ2n) is 9.73. The topological polar surface area (TPSA) is 89.4 Å². The molecule has 3 heterocycles. The lowest BCUT2D eigenvalue weighted by Gasteiger charge is -2.35. The normalized spacial score (nSPS) is 17.8. The number of hydrogen-bond acceptors (Lipinski definition) is 6. The molecule has 36 heavy (non-hydrogen) atoms. The van der Waals surface area contributed by atoms with Crippen LogP contribution in [0.5, 0.6) is 5.88 Å². The highest BCUT2D eigenvalue weighted by Gasteiger charge is 2.34. The van der Waals surface area contributed by atoms with Gasteiger partial charge in [-0.1, -0.05) is 29.8 Å². The molecule has 1 aliphatic carbocycles. The summed E-state index contributed by atoms with van der Waals surface area (Å²) in [7, 11) is 0. The van der Waals surface area contributed by atoms with Crippen LogP contribution in [0.3, 0.4) is 0 Å². The van der Waals surface area contributed by atoms with E-state index >= 15 is 0 Å². The first-order valence-electron chi connectivity index (χ1n) is 12.8. The van der Waals surface area contributed by atoms with Crippen LogP contribution in [0, 0.1) is 13.8 Å². The van der Waals surface area contributed by atoms with Gasteiger partial charge in [0.1, 0.15) is 5.69 Å². The van der Waals surface area contributed by atoms with Gasteiger partial charge in [-0.25, -0.2) is 14.5 Å². The Morgan fingerprint density at radius 1 is 1.17 bits per heavy atom. The van der Waals surface area contributed by atoms with Gasteiger partial charge in [0.15, 0.2) is 0 Å². The van der Waals surface area contributed by atoms with E-state index in [1.54, 1.807) is 22.1 Å². The highest BCUT2D eigenvalue weighted by molar-refractivity contribution is 7.15. The van der Waals surface area contributed by atoms with Gasteiger partial charge in [0.05, 0.1) is 15.6 Å². The molecule has 1 saturated carbocycles. The van der Waals surface area contributed by atoms with Crippen LogP contribution in [0.25, 0.3) is 10.4 Å². The molecule has 0 radical (unpaired) electrons. The number of aromatic nitrogens is 3. The summed E-state index contributed by atoms with van der Waals surface area (Å²) < 4.78 is 7.14. The Hall–Kier alpha value is -3.20. The molecule has 2 aliphatic rings. The molecule has 5 rings (SSSR count). The van der Waals surface area contributed by atoms with E-state index in [2.05, 4.69) is 35.5 Å². The fraction of sp³-hybridized carbons (Fsp3) is 0.481. The van der Waals surface area contributed by atoms with Crippen LogP contribution in [0.4, 0.5) is 4.79 Å². The summed E-state index contributed by atoms with van der Waals surface area (Å²) in [5, 5.41) is 8.25. The Labute approximate surface area is 215 Å². The molecule has 190 valence electrons. The fourth-order valence-electron chi connectivity index (χ4n) is 4.75. The van der Waals surface area contributed by atoms with Crippen LogP contribution in [-0.4, -0.2) is 50.8 Å². The molecule has 1 atom stereocenters. The predicted octanol–water partition coefficient (Wildman–Crippen LogP) is 5.30. The Morgan fingerprint density at radius 3 is 2.75 bits per heavy atom. The third kappa shape index (κ3) is 5.31. The van der Waals surface area contributed by atoms with Crippen LogP contribution in [0.2, 0.25) is 0 Å². The number of amides is 2. The maximum Gasteiger partial charge on any atom is 0.414 e. The lowest BCUT2D eigenvalue weighted by atomic mass is 10.0. The summed E-state index contributed by atoms with van der Waals surface area (Å²) in [5.41, 5.74) is 3.54. The van der Waals surface area contributed by atoms with Crippen molar-refractivity contribution in [1.29, 1.82) is 0 Å². The number of aryl methyl sites for hydroxylation is 3. The predicted molar refractivity (Wildman–Crippen MR) is 140 cm³/mol. The van der Waals surface area contributed by atoms with E-state index in [4.69, 9.17) is 9.72 Å². The smallest absolute Gasteiger partial charge is 0.392 e. The first-order chi connectivity index (χ1) is 17.4. The molecule has 0 spiro atoms. The summed E-state index contributed by atoms with van der Waals surface area (Å²) in [6.07, 6.45) is 4.54. The van der Waals surface area contributed by atoms with Crippen molar-refractivity contribution in [2.24, 2.45) is 0 Å². The molecule has 3 aromatic rings. The van der Waals surface area contributed by atoms with Crippen LogP contribution >= 0.6 is 11.3 Å². The molecular weight excluding hydrogens is 474 g/mol. The van der Waals surface area contributed by atoms with Gasteiger partial charge >= 0.3 is 6.09 Å². The largest absolute Gasteiger partial charge is 0.414 e. The van der Waals surface area contributed by atoms with Gasteiger partial charge in [-0.05, 0) is 58.4 Å². The van der Waals surface area contributed by atoms with Crippen LogP contribution in [-0.2, 0) is 6.54 Å². The van der Waals surface area contributed by atoms with Crippen molar-refractivity contribution in [3.05, 3.63) is 52.3 Å². The van der Waals surface area contributed by atoms with Crippen molar-refractivity contribution in [3.63, 3.8) is 0 Å². The Balaban J connectivity index is 1.32. The van der Waals surface area contributed by atoms with Crippen molar-refractivity contribution in [2.75, 3.05) is 13.1 Å². The quantitative estimate of drug-likeness (QED) is 0.469. The number of likely N-dealkylation sites (tertiary alicyclic amines) is 1. The van der Waals surface area contributed by atoms with E-state index in [-0.39, 0.29) is 11.9 Å². The number of piperidine rings is 1. The van der Waals surface area contributed by atoms with E-state index in [1.165, 1.54) is 0 Å². The fourth-order valence-corrected chi connectivity index (χ4v) is 5.97. The van der Waals surface area contributed by atoms with Crippen molar-refractivity contribution in [2.45, 2.75) is 71.4 Å². The minimum Gasteiger partial charge on any atom is -0.392 e. The molecule has 0 unspecified atom stereocenters. The average Bonchev–Trinajstić information content (AvgIpc) is 3.53. The average molecular weight is 508 g/mol. The van der Waals surface area contributed by atoms with Gasteiger partial charge in [-0.2, -0.15) is 5.10 Å². The lowest BCUT2D eigenvalue weighted by Crippen LogP contribution is -2.50. The Bertz CT molecular complexity index is 1260. The number of rotatable bonds is 7. The second kappa shape index (κ2) is 10.4. The van der Waals surface area contributed by atoms with E-state index in [9.17, 15) is 9.59 Å². The van der Waals surface area contributed by atoms with E-state index in [0.29, 0.717) is 37.1 Å². The number of carbonyl (C=O) groups is 2. The number of carbonyl (C=O) groups excluding carboxylic acids is 2. The SMILES string of the molecule is CCn1nc(C)cc1OC(=O)NC[C@@H]1CCCCN1C(=O)c1nc(C2CC2)sc1-c1cccc(C)c1. The Morgan fingerprint density at radius 2 is 2.00 bits per heavy atom. The molecule has 1 N–H and O–H groups in total. The van der Waals surface area contributed by atoms with Crippen molar-refractivity contribution in [3.8, 4) is 16.3 Å². The molecular formula is C27H33N5O3S. The summed E-state index contributed by atoms with van der Waals surface area (Å²) >= 11 is 1.65. The second-order valence-corrected chi connectivity index (χ2v) is 10.8. The van der Waals surface area contributed by atoms with E-state index in [0.717, 1.165) is 58.8 Å². The number of hydrogen-bond donors (Lipinski definition) is 1. The zero-order valence-corrected chi connectivity index (χ0v) is 21.9. The highest BCUT2D eigenvalue weighted by Crippen LogP contribution is 2.45. The van der Waals surface area contributed by atoms with Crippen LogP contribution in [0.15, 0.2) is 30.3 Å². The van der Waals surface area contributed by atoms with Crippen molar-refractivity contribution in [1.82, 2.24) is 25.0 Å². The first kappa shape index (κ1) is 24.5. The summed E-state index contributed by atoms with van der Waals surface area (Å²) in [6, 6.07) is 9.91. The summed E-state index contributed by atoms with van der Waals surface area (Å²) in [4.78, 5) is 34.1. The van der Waals surface area contributed by atoms with Crippen molar-refractivity contribution < 1.29 is 14.3 Å². The van der Waals surface area contributed by atoms with E-state index in [1.807, 2.05) is 24.8 Å². The minimum atomic E-state index is -0.535. The molecule has 1 aliphatic heterocycles. The molecule has 2 amide bonds. The third-order valence-corrected chi connectivity index (χ3v) is 8.05. The van der Waals surface area contributed by atoms with Gasteiger partial charge in [0, 0.05) is 37.7 Å². The zero-order chi connectivity index (χ0) is 25.2. The van der Waals surface area contributed by atoms with Crippen LogP contribution in [0.1, 0.15) is 71.7 Å².